The maximum Gasteiger partial charge on any atom is 0.416 e. The Morgan fingerprint density at radius 2 is 1.80 bits per heavy atom. The molecule has 1 unspecified atom stereocenters. The molecule has 0 spiro atoms. The van der Waals surface area contributed by atoms with Gasteiger partial charge in [0.25, 0.3) is 5.91 Å². The molecule has 2 heterocycles. The molecule has 1 aliphatic heterocycles. The van der Waals surface area contributed by atoms with Crippen LogP contribution in [0.15, 0.2) is 35.1 Å². The summed E-state index contributed by atoms with van der Waals surface area (Å²) in [5, 5.41) is 7.25. The molecular formula is C25H29F3N4O3. The molecule has 1 aromatic carbocycles. The zero-order valence-electron chi connectivity index (χ0n) is 19.6. The third-order valence-electron chi connectivity index (χ3n) is 6.76. The third kappa shape index (κ3) is 5.74. The van der Waals surface area contributed by atoms with Crippen LogP contribution in [0.1, 0.15) is 66.7 Å². The lowest BCUT2D eigenvalue weighted by atomic mass is 9.93. The Kier molecular flexibility index (Phi) is 7.28. The Labute approximate surface area is 201 Å². The van der Waals surface area contributed by atoms with E-state index in [1.165, 1.54) is 41.1 Å². The van der Waals surface area contributed by atoms with Gasteiger partial charge in [0.05, 0.1) is 17.2 Å². The molecule has 2 fully saturated rings. The summed E-state index contributed by atoms with van der Waals surface area (Å²) in [5.74, 6) is -1.07. The summed E-state index contributed by atoms with van der Waals surface area (Å²) in [5.41, 5.74) is -1.44. The minimum atomic E-state index is -4.54. The number of piperidine rings is 1. The highest BCUT2D eigenvalue weighted by atomic mass is 19.4. The smallest absolute Gasteiger partial charge is 0.353 e. The molecule has 188 valence electrons. The second-order valence-electron chi connectivity index (χ2n) is 9.39. The number of halogens is 3. The minimum absolute atomic E-state index is 0.0763. The number of likely N-dealkylation sites (tertiary alicyclic amines) is 1. The van der Waals surface area contributed by atoms with Crippen LogP contribution in [0.2, 0.25) is 0 Å². The molecule has 1 saturated heterocycles. The number of alkyl halides is 3. The molecule has 1 atom stereocenters. The number of nitrogens with one attached hydrogen (secondary N) is 1. The van der Waals surface area contributed by atoms with Gasteiger partial charge in [0.1, 0.15) is 0 Å². The van der Waals surface area contributed by atoms with Crippen LogP contribution < -0.4 is 10.7 Å². The van der Waals surface area contributed by atoms with E-state index in [-0.39, 0.29) is 35.8 Å². The van der Waals surface area contributed by atoms with Crippen molar-refractivity contribution in [1.82, 2.24) is 20.0 Å². The summed E-state index contributed by atoms with van der Waals surface area (Å²) >= 11 is 0. The van der Waals surface area contributed by atoms with Crippen molar-refractivity contribution in [2.75, 3.05) is 13.1 Å². The molecule has 1 saturated carbocycles. The standard InChI is InChI=1S/C25H29F3N4O3/c1-16-13-21(33)22(30-32(16)20-11-5-8-18(14-20)25(26,27)28)24(35)31-12-6-7-17(15-31)23(34)29-19-9-3-2-4-10-19/h5,8,11,13-14,17,19H,2-4,6-7,9-10,12,15H2,1H3,(H,29,34). The molecule has 0 radical (unpaired) electrons. The van der Waals surface area contributed by atoms with Crippen molar-refractivity contribution in [2.45, 2.75) is 64.1 Å². The molecule has 1 N–H and O–H groups in total. The van der Waals surface area contributed by atoms with E-state index in [0.29, 0.717) is 25.1 Å². The number of benzene rings is 1. The fraction of sp³-hybridized carbons (Fsp3) is 0.520. The first-order chi connectivity index (χ1) is 16.6. The number of carbonyl (C=O) groups excluding carboxylic acids is 2. The summed E-state index contributed by atoms with van der Waals surface area (Å²) in [7, 11) is 0. The van der Waals surface area contributed by atoms with Crippen LogP contribution in [0.3, 0.4) is 0 Å². The average Bonchev–Trinajstić information content (AvgIpc) is 2.84. The first-order valence-electron chi connectivity index (χ1n) is 12.0. The predicted molar refractivity (Wildman–Crippen MR) is 123 cm³/mol. The Balaban J connectivity index is 1.54. The van der Waals surface area contributed by atoms with E-state index in [1.807, 2.05) is 0 Å². The van der Waals surface area contributed by atoms with Crippen molar-refractivity contribution in [3.63, 3.8) is 0 Å². The van der Waals surface area contributed by atoms with Crippen LogP contribution >= 0.6 is 0 Å². The maximum absolute atomic E-state index is 13.2. The largest absolute Gasteiger partial charge is 0.416 e. The molecule has 4 rings (SSSR count). The van der Waals surface area contributed by atoms with Crippen molar-refractivity contribution in [1.29, 1.82) is 0 Å². The number of nitrogens with zero attached hydrogens (tertiary/aromatic N) is 3. The van der Waals surface area contributed by atoms with Crippen LogP contribution in [0.5, 0.6) is 0 Å². The van der Waals surface area contributed by atoms with Crippen LogP contribution in [-0.2, 0) is 11.0 Å². The summed E-state index contributed by atoms with van der Waals surface area (Å²) in [6.45, 7) is 2.09. The number of rotatable bonds is 4. The van der Waals surface area contributed by atoms with Gasteiger partial charge in [-0.25, -0.2) is 4.68 Å². The predicted octanol–water partition coefficient (Wildman–Crippen LogP) is 3.86. The van der Waals surface area contributed by atoms with Crippen LogP contribution in [-0.4, -0.2) is 45.6 Å². The van der Waals surface area contributed by atoms with Crippen molar-refractivity contribution in [3.8, 4) is 5.69 Å². The van der Waals surface area contributed by atoms with E-state index in [9.17, 15) is 27.6 Å². The second-order valence-corrected chi connectivity index (χ2v) is 9.39. The van der Waals surface area contributed by atoms with E-state index >= 15 is 0 Å². The molecule has 1 aromatic heterocycles. The van der Waals surface area contributed by atoms with Gasteiger partial charge in [0, 0.05) is 30.9 Å². The summed E-state index contributed by atoms with van der Waals surface area (Å²) in [6.07, 6.45) is 2.02. The fourth-order valence-electron chi connectivity index (χ4n) is 4.86. The van der Waals surface area contributed by atoms with Gasteiger partial charge in [-0.3, -0.25) is 14.4 Å². The van der Waals surface area contributed by atoms with Gasteiger partial charge in [0.15, 0.2) is 5.69 Å². The van der Waals surface area contributed by atoms with E-state index in [1.54, 1.807) is 0 Å². The zero-order chi connectivity index (χ0) is 25.2. The molecule has 2 aliphatic rings. The Morgan fingerprint density at radius 1 is 1.06 bits per heavy atom. The quantitative estimate of drug-likeness (QED) is 0.706. The average molecular weight is 491 g/mol. The number of aromatic nitrogens is 2. The molecule has 7 nitrogen and oxygen atoms in total. The first kappa shape index (κ1) is 24.9. The second kappa shape index (κ2) is 10.2. The number of amides is 2. The summed E-state index contributed by atoms with van der Waals surface area (Å²) in [4.78, 5) is 40.1. The van der Waals surface area contributed by atoms with Crippen molar-refractivity contribution in [2.24, 2.45) is 5.92 Å². The molecule has 1 aliphatic carbocycles. The fourth-order valence-corrected chi connectivity index (χ4v) is 4.86. The molecule has 2 amide bonds. The highest BCUT2D eigenvalue weighted by Gasteiger charge is 2.33. The summed E-state index contributed by atoms with van der Waals surface area (Å²) < 4.78 is 40.7. The molecule has 10 heteroatoms. The van der Waals surface area contributed by atoms with E-state index in [2.05, 4.69) is 10.4 Å². The van der Waals surface area contributed by atoms with Gasteiger partial charge < -0.3 is 10.2 Å². The lowest BCUT2D eigenvalue weighted by molar-refractivity contribution is -0.137. The Hall–Kier alpha value is -3.17. The summed E-state index contributed by atoms with van der Waals surface area (Å²) in [6, 6.07) is 5.91. The number of carbonyl (C=O) groups is 2. The van der Waals surface area contributed by atoms with E-state index < -0.39 is 23.1 Å². The third-order valence-corrected chi connectivity index (χ3v) is 6.76. The SMILES string of the molecule is Cc1cc(=O)c(C(=O)N2CCCC(C(=O)NC3CCCCC3)C2)nn1-c1cccc(C(F)(F)F)c1. The van der Waals surface area contributed by atoms with Gasteiger partial charge in [-0.2, -0.15) is 18.3 Å². The van der Waals surface area contributed by atoms with Gasteiger partial charge >= 0.3 is 6.18 Å². The van der Waals surface area contributed by atoms with Crippen LogP contribution in [0.25, 0.3) is 5.69 Å². The first-order valence-corrected chi connectivity index (χ1v) is 12.0. The topological polar surface area (TPSA) is 84.3 Å². The van der Waals surface area contributed by atoms with Gasteiger partial charge in [-0.05, 0) is 50.8 Å². The number of hydrogen-bond donors (Lipinski definition) is 1. The number of hydrogen-bond acceptors (Lipinski definition) is 4. The molecular weight excluding hydrogens is 461 g/mol. The highest BCUT2D eigenvalue weighted by Crippen LogP contribution is 2.30. The Morgan fingerprint density at radius 3 is 2.51 bits per heavy atom. The minimum Gasteiger partial charge on any atom is -0.353 e. The normalized spacial score (nSPS) is 19.4. The van der Waals surface area contributed by atoms with Crippen LogP contribution in [0, 0.1) is 12.8 Å². The lowest BCUT2D eigenvalue weighted by Crippen LogP contribution is -2.48. The van der Waals surface area contributed by atoms with Gasteiger partial charge in [-0.1, -0.05) is 25.3 Å². The number of aryl methyl sites for hydroxylation is 1. The van der Waals surface area contributed by atoms with Crippen molar-refractivity contribution in [3.05, 3.63) is 57.5 Å². The van der Waals surface area contributed by atoms with Gasteiger partial charge in [-0.15, -0.1) is 0 Å². The Bertz CT molecular complexity index is 1160. The highest BCUT2D eigenvalue weighted by molar-refractivity contribution is 5.92. The van der Waals surface area contributed by atoms with Crippen molar-refractivity contribution < 1.29 is 22.8 Å². The zero-order valence-corrected chi connectivity index (χ0v) is 19.6. The molecule has 0 bridgehead atoms. The monoisotopic (exact) mass is 490 g/mol. The molecule has 35 heavy (non-hydrogen) atoms. The van der Waals surface area contributed by atoms with E-state index in [0.717, 1.165) is 37.8 Å². The molecule has 2 aromatic rings. The lowest BCUT2D eigenvalue weighted by Gasteiger charge is -2.33. The maximum atomic E-state index is 13.2. The van der Waals surface area contributed by atoms with E-state index in [4.69, 9.17) is 0 Å². The van der Waals surface area contributed by atoms with Crippen LogP contribution in [0.4, 0.5) is 13.2 Å². The van der Waals surface area contributed by atoms with Crippen molar-refractivity contribution >= 4 is 11.8 Å². The van der Waals surface area contributed by atoms with Gasteiger partial charge in [0.2, 0.25) is 11.3 Å².